The molecule has 1 atom stereocenters. The summed E-state index contributed by atoms with van der Waals surface area (Å²) in [5.74, 6) is 0.492. The molecule has 1 N–H and O–H groups in total. The summed E-state index contributed by atoms with van der Waals surface area (Å²) in [6.07, 6.45) is 5.40. The van der Waals surface area contributed by atoms with Crippen molar-refractivity contribution in [3.63, 3.8) is 0 Å². The lowest BCUT2D eigenvalue weighted by Gasteiger charge is -2.32. The Bertz CT molecular complexity index is 1180. The van der Waals surface area contributed by atoms with Gasteiger partial charge >= 0.3 is 0 Å². The molecule has 2 amide bonds. The molecule has 2 aromatic heterocycles. The standard InChI is InChI=1S/C29H35N3O4S/c1-21-7-5-10-23(19-21)32(29(34)25-13-12-24(36-25)20-31-14-16-35-17-15-31)27(26-11-6-18-37-26)28(33)30-22-8-3-2-4-9-22/h5-7,10-13,18-19,22,27H,2-4,8-9,14-17,20H2,1H3,(H,30,33). The summed E-state index contributed by atoms with van der Waals surface area (Å²) in [6, 6.07) is 14.5. The lowest BCUT2D eigenvalue weighted by Crippen LogP contribution is -2.47. The van der Waals surface area contributed by atoms with Crippen molar-refractivity contribution in [2.75, 3.05) is 31.2 Å². The number of benzene rings is 1. The van der Waals surface area contributed by atoms with Gasteiger partial charge in [0.2, 0.25) is 5.91 Å². The zero-order valence-electron chi connectivity index (χ0n) is 21.4. The number of morpholine rings is 1. The van der Waals surface area contributed by atoms with Gasteiger partial charge in [-0.05, 0) is 61.0 Å². The number of hydrogen-bond donors (Lipinski definition) is 1. The molecule has 7 nitrogen and oxygen atoms in total. The van der Waals surface area contributed by atoms with Crippen LogP contribution in [-0.4, -0.2) is 49.1 Å². The van der Waals surface area contributed by atoms with Crippen LogP contribution >= 0.6 is 11.3 Å². The molecule has 37 heavy (non-hydrogen) atoms. The van der Waals surface area contributed by atoms with E-state index in [1.165, 1.54) is 17.8 Å². The van der Waals surface area contributed by atoms with Crippen molar-refractivity contribution in [3.05, 3.63) is 75.9 Å². The first-order valence-corrected chi connectivity index (χ1v) is 14.1. The van der Waals surface area contributed by atoms with Gasteiger partial charge in [-0.15, -0.1) is 11.3 Å². The molecule has 0 radical (unpaired) electrons. The first kappa shape index (κ1) is 25.7. The minimum Gasteiger partial charge on any atom is -0.455 e. The van der Waals surface area contributed by atoms with Gasteiger partial charge in [0.1, 0.15) is 5.76 Å². The van der Waals surface area contributed by atoms with Crippen LogP contribution in [0.15, 0.2) is 58.3 Å². The van der Waals surface area contributed by atoms with Gasteiger partial charge in [0.25, 0.3) is 5.91 Å². The molecule has 3 heterocycles. The smallest absolute Gasteiger partial charge is 0.295 e. The van der Waals surface area contributed by atoms with Crippen molar-refractivity contribution in [1.82, 2.24) is 10.2 Å². The fraction of sp³-hybridized carbons (Fsp3) is 0.448. The molecule has 2 aliphatic rings. The van der Waals surface area contributed by atoms with Gasteiger partial charge in [0.05, 0.1) is 19.8 Å². The van der Waals surface area contributed by atoms with Gasteiger partial charge in [-0.1, -0.05) is 37.5 Å². The Morgan fingerprint density at radius 3 is 2.62 bits per heavy atom. The Morgan fingerprint density at radius 1 is 1.08 bits per heavy atom. The molecule has 2 fully saturated rings. The normalized spacial score (nSPS) is 17.9. The largest absolute Gasteiger partial charge is 0.455 e. The number of thiophene rings is 1. The number of nitrogens with zero attached hydrogens (tertiary/aromatic N) is 2. The monoisotopic (exact) mass is 521 g/mol. The third kappa shape index (κ3) is 6.32. The van der Waals surface area contributed by atoms with Crippen LogP contribution in [0.5, 0.6) is 0 Å². The molecule has 1 aromatic carbocycles. The minimum atomic E-state index is -0.788. The maximum absolute atomic E-state index is 14.1. The lowest BCUT2D eigenvalue weighted by atomic mass is 9.95. The highest BCUT2D eigenvalue weighted by atomic mass is 32.1. The summed E-state index contributed by atoms with van der Waals surface area (Å²) in [5, 5.41) is 5.21. The molecule has 1 unspecified atom stereocenters. The Kier molecular flexibility index (Phi) is 8.38. The zero-order chi connectivity index (χ0) is 25.6. The number of carbonyl (C=O) groups excluding carboxylic acids is 2. The van der Waals surface area contributed by atoms with Crippen molar-refractivity contribution in [1.29, 1.82) is 0 Å². The Balaban J connectivity index is 1.46. The number of anilines is 1. The predicted molar refractivity (Wildman–Crippen MR) is 145 cm³/mol. The summed E-state index contributed by atoms with van der Waals surface area (Å²) in [6.45, 7) is 5.68. The molecule has 1 saturated carbocycles. The van der Waals surface area contributed by atoms with Crippen molar-refractivity contribution >= 4 is 28.8 Å². The molecule has 3 aromatic rings. The summed E-state index contributed by atoms with van der Waals surface area (Å²) < 4.78 is 11.5. The van der Waals surface area contributed by atoms with Crippen LogP contribution in [-0.2, 0) is 16.1 Å². The Labute approximate surface area is 222 Å². The van der Waals surface area contributed by atoms with E-state index < -0.39 is 6.04 Å². The molecule has 1 saturated heterocycles. The number of rotatable bonds is 8. The highest BCUT2D eigenvalue weighted by molar-refractivity contribution is 7.10. The Morgan fingerprint density at radius 2 is 1.89 bits per heavy atom. The summed E-state index contributed by atoms with van der Waals surface area (Å²) in [4.78, 5) is 32.7. The number of carbonyl (C=O) groups is 2. The number of furan rings is 1. The second kappa shape index (κ2) is 12.1. The zero-order valence-corrected chi connectivity index (χ0v) is 22.2. The van der Waals surface area contributed by atoms with Gasteiger partial charge in [0, 0.05) is 29.7 Å². The van der Waals surface area contributed by atoms with E-state index in [9.17, 15) is 9.59 Å². The molecule has 5 rings (SSSR count). The predicted octanol–water partition coefficient (Wildman–Crippen LogP) is 5.32. The van der Waals surface area contributed by atoms with E-state index in [-0.39, 0.29) is 23.6 Å². The topological polar surface area (TPSA) is 75.0 Å². The van der Waals surface area contributed by atoms with Gasteiger partial charge in [-0.3, -0.25) is 19.4 Å². The third-order valence-corrected chi connectivity index (χ3v) is 8.05. The van der Waals surface area contributed by atoms with E-state index in [4.69, 9.17) is 9.15 Å². The summed E-state index contributed by atoms with van der Waals surface area (Å²) in [7, 11) is 0. The summed E-state index contributed by atoms with van der Waals surface area (Å²) >= 11 is 1.49. The quantitative estimate of drug-likeness (QED) is 0.434. The van der Waals surface area contributed by atoms with Crippen molar-refractivity contribution in [2.24, 2.45) is 0 Å². The minimum absolute atomic E-state index is 0.141. The number of hydrogen-bond acceptors (Lipinski definition) is 6. The second-order valence-corrected chi connectivity index (χ2v) is 10.9. The van der Waals surface area contributed by atoms with Crippen LogP contribution < -0.4 is 10.2 Å². The fourth-order valence-electron chi connectivity index (χ4n) is 5.19. The first-order valence-electron chi connectivity index (χ1n) is 13.2. The molecule has 196 valence electrons. The van der Waals surface area contributed by atoms with Crippen molar-refractivity contribution < 1.29 is 18.7 Å². The maximum atomic E-state index is 14.1. The second-order valence-electron chi connectivity index (χ2n) is 9.93. The van der Waals surface area contributed by atoms with E-state index >= 15 is 0 Å². The molecular weight excluding hydrogens is 486 g/mol. The average molecular weight is 522 g/mol. The molecule has 0 bridgehead atoms. The summed E-state index contributed by atoms with van der Waals surface area (Å²) in [5.41, 5.74) is 1.69. The number of nitrogens with one attached hydrogen (secondary N) is 1. The van der Waals surface area contributed by atoms with Crippen LogP contribution in [0.2, 0.25) is 0 Å². The van der Waals surface area contributed by atoms with Crippen LogP contribution in [0, 0.1) is 6.92 Å². The molecular formula is C29H35N3O4S. The van der Waals surface area contributed by atoms with E-state index in [0.29, 0.717) is 25.4 Å². The maximum Gasteiger partial charge on any atom is 0.295 e. The van der Waals surface area contributed by atoms with Crippen LogP contribution in [0.1, 0.15) is 64.9 Å². The number of ether oxygens (including phenoxy) is 1. The first-order chi connectivity index (χ1) is 18.1. The SMILES string of the molecule is Cc1cccc(N(C(=O)c2ccc(CN3CCOCC3)o2)C(C(=O)NC2CCCCC2)c2cccs2)c1. The van der Waals surface area contributed by atoms with Crippen LogP contribution in [0.25, 0.3) is 0 Å². The van der Waals surface area contributed by atoms with E-state index in [2.05, 4.69) is 10.2 Å². The molecule has 1 aliphatic carbocycles. The van der Waals surface area contributed by atoms with Gasteiger partial charge in [-0.25, -0.2) is 0 Å². The lowest BCUT2D eigenvalue weighted by molar-refractivity contribution is -0.123. The molecule has 0 spiro atoms. The number of amides is 2. The average Bonchev–Trinajstić information content (AvgIpc) is 3.61. The van der Waals surface area contributed by atoms with Gasteiger partial charge in [0.15, 0.2) is 11.8 Å². The van der Waals surface area contributed by atoms with E-state index in [0.717, 1.165) is 55.0 Å². The molecule has 8 heteroatoms. The van der Waals surface area contributed by atoms with Crippen LogP contribution in [0.4, 0.5) is 5.69 Å². The van der Waals surface area contributed by atoms with Gasteiger partial charge < -0.3 is 14.5 Å². The Hall–Kier alpha value is -2.94. The highest BCUT2D eigenvalue weighted by Crippen LogP contribution is 2.33. The van der Waals surface area contributed by atoms with Crippen molar-refractivity contribution in [2.45, 2.75) is 57.7 Å². The van der Waals surface area contributed by atoms with Gasteiger partial charge in [-0.2, -0.15) is 0 Å². The highest BCUT2D eigenvalue weighted by Gasteiger charge is 2.36. The van der Waals surface area contributed by atoms with Crippen molar-refractivity contribution in [3.8, 4) is 0 Å². The molecule has 1 aliphatic heterocycles. The van der Waals surface area contributed by atoms with E-state index in [1.54, 1.807) is 11.0 Å². The fourth-order valence-corrected chi connectivity index (χ4v) is 6.00. The van der Waals surface area contributed by atoms with E-state index in [1.807, 2.05) is 54.8 Å². The third-order valence-electron chi connectivity index (χ3n) is 7.12. The van der Waals surface area contributed by atoms with Crippen LogP contribution in [0.3, 0.4) is 0 Å². The number of aryl methyl sites for hydroxylation is 1.